The number of hydrogen-bond acceptors (Lipinski definition) is 4. The molecule has 0 aliphatic heterocycles. The first-order valence-electron chi connectivity index (χ1n) is 8.59. The summed E-state index contributed by atoms with van der Waals surface area (Å²) < 4.78 is 42.6. The van der Waals surface area contributed by atoms with E-state index in [1.807, 2.05) is 0 Å². The van der Waals surface area contributed by atoms with Gasteiger partial charge in [0.1, 0.15) is 6.04 Å². The SMILES string of the molecule is NC(=O)[C@@H](NC(=O)c1ncc(C2CC2)cc1OCC(F)(F)F)c1ccccc1. The van der Waals surface area contributed by atoms with Gasteiger partial charge in [0.05, 0.1) is 0 Å². The highest BCUT2D eigenvalue weighted by Gasteiger charge is 2.32. The van der Waals surface area contributed by atoms with Gasteiger partial charge >= 0.3 is 6.18 Å². The molecule has 3 rings (SSSR count). The highest BCUT2D eigenvalue weighted by molar-refractivity contribution is 5.98. The van der Waals surface area contributed by atoms with Crippen LogP contribution in [-0.2, 0) is 4.79 Å². The van der Waals surface area contributed by atoms with Gasteiger partial charge in [-0.2, -0.15) is 13.2 Å². The van der Waals surface area contributed by atoms with Crippen molar-refractivity contribution in [3.63, 3.8) is 0 Å². The number of ether oxygens (including phenoxy) is 1. The van der Waals surface area contributed by atoms with Crippen LogP contribution in [0.2, 0.25) is 0 Å². The summed E-state index contributed by atoms with van der Waals surface area (Å²) in [7, 11) is 0. The summed E-state index contributed by atoms with van der Waals surface area (Å²) in [6, 6.07) is 8.49. The van der Waals surface area contributed by atoms with E-state index in [9.17, 15) is 22.8 Å². The minimum Gasteiger partial charge on any atom is -0.482 e. The van der Waals surface area contributed by atoms with Gasteiger partial charge in [0.25, 0.3) is 5.91 Å². The van der Waals surface area contributed by atoms with Crippen LogP contribution in [0.1, 0.15) is 46.4 Å². The molecule has 1 heterocycles. The van der Waals surface area contributed by atoms with E-state index < -0.39 is 30.6 Å². The summed E-state index contributed by atoms with van der Waals surface area (Å²) in [4.78, 5) is 28.4. The summed E-state index contributed by atoms with van der Waals surface area (Å²) >= 11 is 0. The summed E-state index contributed by atoms with van der Waals surface area (Å²) in [6.07, 6.45) is -1.31. The lowest BCUT2D eigenvalue weighted by molar-refractivity contribution is -0.153. The number of alkyl halides is 3. The van der Waals surface area contributed by atoms with Crippen LogP contribution in [0.5, 0.6) is 5.75 Å². The summed E-state index contributed by atoms with van der Waals surface area (Å²) in [6.45, 7) is -1.55. The molecule has 9 heteroatoms. The van der Waals surface area contributed by atoms with Crippen molar-refractivity contribution < 1.29 is 27.5 Å². The van der Waals surface area contributed by atoms with Crippen molar-refractivity contribution >= 4 is 11.8 Å². The lowest BCUT2D eigenvalue weighted by Crippen LogP contribution is -2.38. The number of nitrogens with two attached hydrogens (primary N) is 1. The van der Waals surface area contributed by atoms with E-state index in [0.717, 1.165) is 12.8 Å². The summed E-state index contributed by atoms with van der Waals surface area (Å²) in [5.74, 6) is -1.74. The first kappa shape index (κ1) is 19.7. The van der Waals surface area contributed by atoms with E-state index >= 15 is 0 Å². The van der Waals surface area contributed by atoms with Crippen LogP contribution >= 0.6 is 0 Å². The molecule has 6 nitrogen and oxygen atoms in total. The molecule has 0 bridgehead atoms. The van der Waals surface area contributed by atoms with Crippen LogP contribution in [0, 0.1) is 0 Å². The van der Waals surface area contributed by atoms with Gasteiger partial charge < -0.3 is 15.8 Å². The number of carbonyl (C=O) groups excluding carboxylic acids is 2. The number of amides is 2. The van der Waals surface area contributed by atoms with E-state index in [1.165, 1.54) is 12.3 Å². The maximum Gasteiger partial charge on any atom is 0.422 e. The molecule has 28 heavy (non-hydrogen) atoms. The van der Waals surface area contributed by atoms with Crippen molar-refractivity contribution in [1.29, 1.82) is 0 Å². The van der Waals surface area contributed by atoms with Crippen LogP contribution in [-0.4, -0.2) is 29.6 Å². The summed E-state index contributed by atoms with van der Waals surface area (Å²) in [5, 5.41) is 2.41. The van der Waals surface area contributed by atoms with Crippen LogP contribution in [0.4, 0.5) is 13.2 Å². The van der Waals surface area contributed by atoms with E-state index in [2.05, 4.69) is 10.3 Å². The average Bonchev–Trinajstić information content (AvgIpc) is 3.49. The molecular formula is C19H18F3N3O3. The fourth-order valence-electron chi connectivity index (χ4n) is 2.70. The van der Waals surface area contributed by atoms with E-state index in [4.69, 9.17) is 10.5 Å². The number of rotatable bonds is 7. The van der Waals surface area contributed by atoms with Crippen LogP contribution in [0.15, 0.2) is 42.6 Å². The zero-order valence-corrected chi connectivity index (χ0v) is 14.7. The monoisotopic (exact) mass is 393 g/mol. The number of hydrogen-bond donors (Lipinski definition) is 2. The lowest BCUT2D eigenvalue weighted by atomic mass is 10.1. The molecule has 1 aromatic carbocycles. The molecule has 0 spiro atoms. The van der Waals surface area contributed by atoms with E-state index in [-0.39, 0.29) is 17.4 Å². The zero-order valence-electron chi connectivity index (χ0n) is 14.7. The van der Waals surface area contributed by atoms with Gasteiger partial charge in [-0.05, 0) is 36.0 Å². The molecule has 0 radical (unpaired) electrons. The predicted octanol–water partition coefficient (Wildman–Crippen LogP) is 2.86. The van der Waals surface area contributed by atoms with Crippen LogP contribution in [0.3, 0.4) is 0 Å². The second-order valence-electron chi connectivity index (χ2n) is 6.51. The predicted molar refractivity (Wildman–Crippen MR) is 93.6 cm³/mol. The van der Waals surface area contributed by atoms with Gasteiger partial charge in [-0.15, -0.1) is 0 Å². The second kappa shape index (κ2) is 7.87. The smallest absolute Gasteiger partial charge is 0.422 e. The number of nitrogens with one attached hydrogen (secondary N) is 1. The van der Waals surface area contributed by atoms with Crippen molar-refractivity contribution in [2.75, 3.05) is 6.61 Å². The van der Waals surface area contributed by atoms with Crippen LogP contribution in [0.25, 0.3) is 0 Å². The Morgan fingerprint density at radius 2 is 1.93 bits per heavy atom. The first-order chi connectivity index (χ1) is 13.2. The fourth-order valence-corrected chi connectivity index (χ4v) is 2.70. The fraction of sp³-hybridized carbons (Fsp3) is 0.316. The largest absolute Gasteiger partial charge is 0.482 e. The molecule has 148 valence electrons. The van der Waals surface area contributed by atoms with Gasteiger partial charge in [-0.1, -0.05) is 30.3 Å². The van der Waals surface area contributed by atoms with E-state index in [1.54, 1.807) is 30.3 Å². The molecule has 0 saturated heterocycles. The Bertz CT molecular complexity index is 868. The number of benzene rings is 1. The molecule has 1 aliphatic rings. The Balaban J connectivity index is 1.85. The first-order valence-corrected chi connectivity index (χ1v) is 8.59. The number of pyridine rings is 1. The Hall–Kier alpha value is -3.10. The third-order valence-corrected chi connectivity index (χ3v) is 4.22. The van der Waals surface area contributed by atoms with E-state index in [0.29, 0.717) is 11.1 Å². The molecule has 1 saturated carbocycles. The molecule has 2 amide bonds. The number of halogens is 3. The Kier molecular flexibility index (Phi) is 5.53. The molecule has 2 aromatic rings. The van der Waals surface area contributed by atoms with Gasteiger partial charge in [0, 0.05) is 6.20 Å². The number of nitrogens with zero attached hydrogens (tertiary/aromatic N) is 1. The Labute approximate surface area is 158 Å². The highest BCUT2D eigenvalue weighted by Crippen LogP contribution is 2.41. The van der Waals surface area contributed by atoms with Crippen molar-refractivity contribution in [3.05, 3.63) is 59.4 Å². The maximum atomic E-state index is 12.6. The minimum absolute atomic E-state index is 0.209. The zero-order chi connectivity index (χ0) is 20.3. The Morgan fingerprint density at radius 3 is 2.50 bits per heavy atom. The number of carbonyl (C=O) groups is 2. The Morgan fingerprint density at radius 1 is 1.25 bits per heavy atom. The standard InChI is InChI=1S/C19H18F3N3O3/c20-19(21,22)10-28-14-8-13(11-6-7-11)9-24-16(14)18(27)25-15(17(23)26)12-4-2-1-3-5-12/h1-5,8-9,11,15H,6-7,10H2,(H2,23,26)(H,25,27)/t15-/m0/s1. The normalized spacial score (nSPS) is 15.0. The molecule has 1 aliphatic carbocycles. The average molecular weight is 393 g/mol. The van der Waals surface area contributed by atoms with Gasteiger partial charge in [0.2, 0.25) is 5.91 Å². The van der Waals surface area contributed by atoms with Crippen molar-refractivity contribution in [2.24, 2.45) is 5.73 Å². The third kappa shape index (κ3) is 4.99. The lowest BCUT2D eigenvalue weighted by Gasteiger charge is -2.18. The second-order valence-corrected chi connectivity index (χ2v) is 6.51. The van der Waals surface area contributed by atoms with Crippen molar-refractivity contribution in [3.8, 4) is 5.75 Å². The molecule has 1 fully saturated rings. The van der Waals surface area contributed by atoms with Gasteiger partial charge in [0.15, 0.2) is 18.1 Å². The quantitative estimate of drug-likeness (QED) is 0.756. The molecule has 3 N–H and O–H groups in total. The van der Waals surface area contributed by atoms with Crippen molar-refractivity contribution in [2.45, 2.75) is 31.0 Å². The minimum atomic E-state index is -4.57. The highest BCUT2D eigenvalue weighted by atomic mass is 19.4. The van der Waals surface area contributed by atoms with Crippen LogP contribution < -0.4 is 15.8 Å². The topological polar surface area (TPSA) is 94.3 Å². The van der Waals surface area contributed by atoms with Gasteiger partial charge in [-0.25, -0.2) is 4.98 Å². The third-order valence-electron chi connectivity index (χ3n) is 4.22. The maximum absolute atomic E-state index is 12.6. The molecule has 1 aromatic heterocycles. The number of primary amides is 1. The molecule has 0 unspecified atom stereocenters. The molecule has 1 atom stereocenters. The van der Waals surface area contributed by atoms with Crippen molar-refractivity contribution in [1.82, 2.24) is 10.3 Å². The van der Waals surface area contributed by atoms with Gasteiger partial charge in [-0.3, -0.25) is 9.59 Å². The summed E-state index contributed by atoms with van der Waals surface area (Å²) in [5.41, 5.74) is 6.18. The molecular weight excluding hydrogens is 375 g/mol. The number of aromatic nitrogens is 1.